The minimum atomic E-state index is 0.529. The molecular weight excluding hydrogens is 188 g/mol. The monoisotopic (exact) mass is 214 g/mol. The lowest BCUT2D eigenvalue weighted by Gasteiger charge is -2.35. The number of nitrogens with zero attached hydrogens (tertiary/aromatic N) is 1. The highest BCUT2D eigenvalue weighted by atomic mass is 16.5. The summed E-state index contributed by atoms with van der Waals surface area (Å²) in [7, 11) is 2.16. The van der Waals surface area contributed by atoms with Crippen LogP contribution in [-0.4, -0.2) is 50.3 Å². The van der Waals surface area contributed by atoms with Crippen LogP contribution in [0.2, 0.25) is 0 Å². The molecule has 0 unspecified atom stereocenters. The van der Waals surface area contributed by atoms with Gasteiger partial charge < -0.3 is 15.0 Å². The standard InChI is InChI=1S/C12H26N2O/c1-4-13-11-9-12(10-11)15-8-6-7-14(3)5-2/h11-13H,4-10H2,1-3H3. The molecule has 0 saturated heterocycles. The molecule has 1 aliphatic rings. The van der Waals surface area contributed by atoms with E-state index in [1.54, 1.807) is 0 Å². The molecule has 3 heteroatoms. The first-order valence-corrected chi connectivity index (χ1v) is 6.29. The number of nitrogens with one attached hydrogen (secondary N) is 1. The van der Waals surface area contributed by atoms with E-state index in [4.69, 9.17) is 4.74 Å². The van der Waals surface area contributed by atoms with E-state index in [1.165, 1.54) is 12.8 Å². The van der Waals surface area contributed by atoms with Crippen LogP contribution >= 0.6 is 0 Å². The van der Waals surface area contributed by atoms with Gasteiger partial charge in [-0.1, -0.05) is 13.8 Å². The zero-order valence-electron chi connectivity index (χ0n) is 10.5. The van der Waals surface area contributed by atoms with E-state index < -0.39 is 0 Å². The Balaban J connectivity index is 1.86. The van der Waals surface area contributed by atoms with Gasteiger partial charge in [-0.25, -0.2) is 0 Å². The molecule has 0 radical (unpaired) electrons. The number of hydrogen-bond acceptors (Lipinski definition) is 3. The predicted octanol–water partition coefficient (Wildman–Crippen LogP) is 1.49. The van der Waals surface area contributed by atoms with Crippen LogP contribution < -0.4 is 5.32 Å². The fraction of sp³-hybridized carbons (Fsp3) is 1.00. The van der Waals surface area contributed by atoms with Crippen molar-refractivity contribution in [2.24, 2.45) is 0 Å². The van der Waals surface area contributed by atoms with E-state index in [9.17, 15) is 0 Å². The van der Waals surface area contributed by atoms with Crippen LogP contribution in [0, 0.1) is 0 Å². The highest BCUT2D eigenvalue weighted by molar-refractivity contribution is 4.85. The molecule has 0 aromatic heterocycles. The summed E-state index contributed by atoms with van der Waals surface area (Å²) in [5.74, 6) is 0. The SMILES string of the molecule is CCNC1CC(OCCCN(C)CC)C1. The maximum atomic E-state index is 5.78. The van der Waals surface area contributed by atoms with Crippen molar-refractivity contribution >= 4 is 0 Å². The second-order valence-corrected chi connectivity index (χ2v) is 4.47. The Morgan fingerprint density at radius 2 is 2.07 bits per heavy atom. The van der Waals surface area contributed by atoms with Crippen LogP contribution in [0.5, 0.6) is 0 Å². The van der Waals surface area contributed by atoms with Gasteiger partial charge >= 0.3 is 0 Å². The molecule has 1 aliphatic carbocycles. The van der Waals surface area contributed by atoms with Crippen LogP contribution in [-0.2, 0) is 4.74 Å². The van der Waals surface area contributed by atoms with Crippen LogP contribution in [0.1, 0.15) is 33.1 Å². The first kappa shape index (κ1) is 12.9. The van der Waals surface area contributed by atoms with E-state index in [1.807, 2.05) is 0 Å². The summed E-state index contributed by atoms with van der Waals surface area (Å²) in [6.07, 6.45) is 4.10. The van der Waals surface area contributed by atoms with Gasteiger partial charge in [0.25, 0.3) is 0 Å². The van der Waals surface area contributed by atoms with Gasteiger partial charge in [0.2, 0.25) is 0 Å². The minimum absolute atomic E-state index is 0.529. The van der Waals surface area contributed by atoms with Crippen molar-refractivity contribution in [1.82, 2.24) is 10.2 Å². The third kappa shape index (κ3) is 4.96. The van der Waals surface area contributed by atoms with Crippen molar-refractivity contribution in [2.45, 2.75) is 45.3 Å². The van der Waals surface area contributed by atoms with Crippen molar-refractivity contribution < 1.29 is 4.74 Å². The van der Waals surface area contributed by atoms with Crippen LogP contribution in [0.25, 0.3) is 0 Å². The van der Waals surface area contributed by atoms with E-state index in [0.29, 0.717) is 6.10 Å². The van der Waals surface area contributed by atoms with Gasteiger partial charge in [0.05, 0.1) is 6.10 Å². The van der Waals surface area contributed by atoms with E-state index >= 15 is 0 Å². The van der Waals surface area contributed by atoms with Gasteiger partial charge in [0.1, 0.15) is 0 Å². The average molecular weight is 214 g/mol. The molecular formula is C12H26N2O. The predicted molar refractivity (Wildman–Crippen MR) is 64.2 cm³/mol. The summed E-state index contributed by atoms with van der Waals surface area (Å²) in [4.78, 5) is 2.32. The molecule has 0 spiro atoms. The van der Waals surface area contributed by atoms with Crippen LogP contribution in [0.15, 0.2) is 0 Å². The summed E-state index contributed by atoms with van der Waals surface area (Å²) in [5.41, 5.74) is 0. The van der Waals surface area contributed by atoms with Crippen LogP contribution in [0.4, 0.5) is 0 Å². The fourth-order valence-electron chi connectivity index (χ4n) is 1.90. The maximum Gasteiger partial charge on any atom is 0.0604 e. The van der Waals surface area contributed by atoms with Gasteiger partial charge in [-0.15, -0.1) is 0 Å². The lowest BCUT2D eigenvalue weighted by molar-refractivity contribution is -0.0185. The second-order valence-electron chi connectivity index (χ2n) is 4.47. The number of ether oxygens (including phenoxy) is 1. The Morgan fingerprint density at radius 1 is 1.33 bits per heavy atom. The molecule has 15 heavy (non-hydrogen) atoms. The highest BCUT2D eigenvalue weighted by Gasteiger charge is 2.28. The zero-order valence-corrected chi connectivity index (χ0v) is 10.5. The van der Waals surface area contributed by atoms with Crippen LogP contribution in [0.3, 0.4) is 0 Å². The van der Waals surface area contributed by atoms with E-state index in [-0.39, 0.29) is 0 Å². The summed E-state index contributed by atoms with van der Waals surface area (Å²) in [5, 5.41) is 3.44. The first-order valence-electron chi connectivity index (χ1n) is 6.29. The molecule has 0 heterocycles. The molecule has 0 aromatic carbocycles. The molecule has 1 rings (SSSR count). The molecule has 1 saturated carbocycles. The Bertz CT molecular complexity index is 158. The Hall–Kier alpha value is -0.120. The van der Waals surface area contributed by atoms with Crippen molar-refractivity contribution in [3.05, 3.63) is 0 Å². The Kier molecular flexibility index (Phi) is 6.22. The highest BCUT2D eigenvalue weighted by Crippen LogP contribution is 2.23. The average Bonchev–Trinajstić information content (AvgIpc) is 2.19. The van der Waals surface area contributed by atoms with Crippen molar-refractivity contribution in [3.8, 4) is 0 Å². The summed E-state index contributed by atoms with van der Waals surface area (Å²) < 4.78 is 5.78. The maximum absolute atomic E-state index is 5.78. The third-order valence-corrected chi connectivity index (χ3v) is 3.17. The van der Waals surface area contributed by atoms with Crippen molar-refractivity contribution in [1.29, 1.82) is 0 Å². The van der Waals surface area contributed by atoms with Gasteiger partial charge in [-0.2, -0.15) is 0 Å². The smallest absolute Gasteiger partial charge is 0.0604 e. The topological polar surface area (TPSA) is 24.5 Å². The van der Waals surface area contributed by atoms with E-state index in [0.717, 1.165) is 38.7 Å². The zero-order chi connectivity index (χ0) is 11.1. The number of hydrogen-bond donors (Lipinski definition) is 1. The lowest BCUT2D eigenvalue weighted by Crippen LogP contribution is -2.45. The second kappa shape index (κ2) is 7.20. The molecule has 0 atom stereocenters. The van der Waals surface area contributed by atoms with Crippen molar-refractivity contribution in [2.75, 3.05) is 33.3 Å². The normalized spacial score (nSPS) is 25.6. The van der Waals surface area contributed by atoms with Crippen molar-refractivity contribution in [3.63, 3.8) is 0 Å². The quantitative estimate of drug-likeness (QED) is 0.620. The molecule has 0 aromatic rings. The summed E-state index contributed by atoms with van der Waals surface area (Å²) >= 11 is 0. The Labute approximate surface area is 94.2 Å². The lowest BCUT2D eigenvalue weighted by atomic mass is 9.89. The fourth-order valence-corrected chi connectivity index (χ4v) is 1.90. The van der Waals surface area contributed by atoms with Gasteiger partial charge in [-0.3, -0.25) is 0 Å². The minimum Gasteiger partial charge on any atom is -0.378 e. The first-order chi connectivity index (χ1) is 7.26. The molecule has 0 bridgehead atoms. The molecule has 0 aliphatic heterocycles. The molecule has 1 N–H and O–H groups in total. The summed E-state index contributed by atoms with van der Waals surface area (Å²) in [6.45, 7) is 8.64. The summed E-state index contributed by atoms with van der Waals surface area (Å²) in [6, 6.07) is 0.721. The van der Waals surface area contributed by atoms with E-state index in [2.05, 4.69) is 31.1 Å². The van der Waals surface area contributed by atoms with Gasteiger partial charge in [-0.05, 0) is 39.4 Å². The Morgan fingerprint density at radius 3 is 2.67 bits per heavy atom. The molecule has 1 fully saturated rings. The molecule has 3 nitrogen and oxygen atoms in total. The largest absolute Gasteiger partial charge is 0.378 e. The molecule has 0 amide bonds. The number of rotatable bonds is 8. The molecule has 90 valence electrons. The third-order valence-electron chi connectivity index (χ3n) is 3.17. The van der Waals surface area contributed by atoms with Gasteiger partial charge in [0, 0.05) is 19.2 Å². The van der Waals surface area contributed by atoms with Gasteiger partial charge in [0.15, 0.2) is 0 Å².